The molecule has 1 rings (SSSR count). The zero-order valence-electron chi connectivity index (χ0n) is 16.5. The van der Waals surface area contributed by atoms with Gasteiger partial charge in [-0.1, -0.05) is 67.5 Å². The SMILES string of the molecule is CC[Si]1(CC)O[Si](CC)(CC)[Si](CC)(CC)[Si](CC)(CC)O1. The molecule has 0 bridgehead atoms. The second-order valence-corrected chi connectivity index (χ2v) is 35.0. The third-order valence-corrected chi connectivity index (χ3v) is 54.8. The summed E-state index contributed by atoms with van der Waals surface area (Å²) in [5.74, 6) is 0. The first-order valence-electron chi connectivity index (χ1n) is 9.80. The van der Waals surface area contributed by atoms with Crippen LogP contribution in [0.5, 0.6) is 0 Å². The Hall–Kier alpha value is 0.788. The van der Waals surface area contributed by atoms with Crippen molar-refractivity contribution in [2.24, 2.45) is 0 Å². The van der Waals surface area contributed by atoms with Crippen LogP contribution in [0.15, 0.2) is 0 Å². The molecule has 0 aromatic rings. The van der Waals surface area contributed by atoms with Crippen LogP contribution >= 0.6 is 0 Å². The first kappa shape index (κ1) is 20.8. The molecule has 0 amide bonds. The Morgan fingerprint density at radius 3 is 0.955 bits per heavy atom. The van der Waals surface area contributed by atoms with E-state index in [0.717, 1.165) is 12.1 Å². The van der Waals surface area contributed by atoms with Gasteiger partial charge in [0.15, 0.2) is 15.7 Å². The summed E-state index contributed by atoms with van der Waals surface area (Å²) in [4.78, 5) is 0. The molecule has 1 aliphatic rings. The molecule has 0 aromatic heterocycles. The predicted octanol–water partition coefficient (Wildman–Crippen LogP) is 6.13. The topological polar surface area (TPSA) is 18.5 Å². The average Bonchev–Trinajstić information content (AvgIpc) is 2.60. The van der Waals surface area contributed by atoms with Crippen molar-refractivity contribution in [1.29, 1.82) is 0 Å². The number of rotatable bonds is 8. The summed E-state index contributed by atoms with van der Waals surface area (Å²) in [6.45, 7) is 19.4. The summed E-state index contributed by atoms with van der Waals surface area (Å²) in [7, 11) is -6.65. The van der Waals surface area contributed by atoms with Crippen molar-refractivity contribution in [3.05, 3.63) is 0 Å². The Balaban J connectivity index is 3.63. The lowest BCUT2D eigenvalue weighted by Crippen LogP contribution is -2.86. The van der Waals surface area contributed by atoms with Crippen molar-refractivity contribution >= 4 is 31.3 Å². The molecule has 0 N–H and O–H groups in total. The second kappa shape index (κ2) is 7.78. The van der Waals surface area contributed by atoms with Gasteiger partial charge in [-0.25, -0.2) is 0 Å². The second-order valence-electron chi connectivity index (χ2n) is 7.01. The highest BCUT2D eigenvalue weighted by Crippen LogP contribution is 2.51. The maximum Gasteiger partial charge on any atom is 0.316 e. The summed E-state index contributed by atoms with van der Waals surface area (Å²) < 4.78 is 14.5. The maximum absolute atomic E-state index is 7.27. The van der Waals surface area contributed by atoms with E-state index in [4.69, 9.17) is 8.23 Å². The lowest BCUT2D eigenvalue weighted by Gasteiger charge is -2.64. The van der Waals surface area contributed by atoms with Gasteiger partial charge in [0.2, 0.25) is 0 Å². The Bertz CT molecular complexity index is 320. The molecule has 1 heterocycles. The standard InChI is InChI=1S/C16H40O2Si4/c1-9-19(10-2)17-20(11-3,12-4)22(15-7,16-8)21(13-5,14-6)18-19/h9-16H2,1-8H3. The molecule has 0 aliphatic carbocycles. The quantitative estimate of drug-likeness (QED) is 0.474. The van der Waals surface area contributed by atoms with Crippen LogP contribution < -0.4 is 0 Å². The van der Waals surface area contributed by atoms with Crippen LogP contribution in [0.1, 0.15) is 55.4 Å². The maximum atomic E-state index is 7.27. The first-order valence-corrected chi connectivity index (χ1v) is 21.1. The van der Waals surface area contributed by atoms with Crippen LogP contribution in [0.25, 0.3) is 0 Å². The van der Waals surface area contributed by atoms with Gasteiger partial charge in [-0.15, -0.1) is 0 Å². The summed E-state index contributed by atoms with van der Waals surface area (Å²) in [5, 5.41) is 0. The zero-order chi connectivity index (χ0) is 17.1. The van der Waals surface area contributed by atoms with Crippen LogP contribution in [-0.4, -0.2) is 31.3 Å². The molecule has 0 aromatic carbocycles. The molecule has 0 radical (unpaired) electrons. The molecular weight excluding hydrogens is 337 g/mol. The molecule has 0 unspecified atom stereocenters. The Morgan fingerprint density at radius 1 is 0.455 bits per heavy atom. The third kappa shape index (κ3) is 2.71. The van der Waals surface area contributed by atoms with Gasteiger partial charge < -0.3 is 8.23 Å². The van der Waals surface area contributed by atoms with Crippen LogP contribution in [0.4, 0.5) is 0 Å². The number of hydrogen-bond donors (Lipinski definition) is 0. The van der Waals surface area contributed by atoms with E-state index < -0.39 is 31.3 Å². The molecule has 22 heavy (non-hydrogen) atoms. The lowest BCUT2D eigenvalue weighted by atomic mass is 10.9. The minimum absolute atomic E-state index is 1.16. The van der Waals surface area contributed by atoms with Crippen molar-refractivity contribution in [2.45, 2.75) is 104 Å². The van der Waals surface area contributed by atoms with Gasteiger partial charge in [0.1, 0.15) is 7.11 Å². The average molecular weight is 377 g/mol. The first-order chi connectivity index (χ1) is 10.4. The fraction of sp³-hybridized carbons (Fsp3) is 1.00. The fourth-order valence-corrected chi connectivity index (χ4v) is 67.9. The van der Waals surface area contributed by atoms with Gasteiger partial charge in [-0.2, -0.15) is 0 Å². The van der Waals surface area contributed by atoms with Crippen molar-refractivity contribution in [3.8, 4) is 0 Å². The molecule has 1 saturated heterocycles. The Kier molecular flexibility index (Phi) is 7.37. The molecule has 0 spiro atoms. The molecule has 0 atom stereocenters. The smallest absolute Gasteiger partial charge is 0.316 e. The summed E-state index contributed by atoms with van der Waals surface area (Å²) in [6, 6.07) is 10.5. The van der Waals surface area contributed by atoms with Crippen LogP contribution in [-0.2, 0) is 8.23 Å². The van der Waals surface area contributed by atoms with Crippen LogP contribution in [0.2, 0.25) is 48.4 Å². The van der Waals surface area contributed by atoms with E-state index in [-0.39, 0.29) is 0 Å². The van der Waals surface area contributed by atoms with Crippen molar-refractivity contribution < 1.29 is 8.23 Å². The van der Waals surface area contributed by atoms with E-state index in [1.165, 1.54) is 36.3 Å². The lowest BCUT2D eigenvalue weighted by molar-refractivity contribution is 0.364. The predicted molar refractivity (Wildman–Crippen MR) is 109 cm³/mol. The largest absolute Gasteiger partial charge is 0.438 e. The summed E-state index contributed by atoms with van der Waals surface area (Å²) in [6.07, 6.45) is 0. The molecule has 6 heteroatoms. The van der Waals surface area contributed by atoms with Crippen molar-refractivity contribution in [1.82, 2.24) is 0 Å². The van der Waals surface area contributed by atoms with Gasteiger partial charge in [0.05, 0.1) is 0 Å². The third-order valence-electron chi connectivity index (χ3n) is 7.08. The molecule has 132 valence electrons. The van der Waals surface area contributed by atoms with Crippen molar-refractivity contribution in [3.63, 3.8) is 0 Å². The molecular formula is C16H40O2Si4. The summed E-state index contributed by atoms with van der Waals surface area (Å²) >= 11 is 0. The van der Waals surface area contributed by atoms with Gasteiger partial charge >= 0.3 is 8.56 Å². The van der Waals surface area contributed by atoms with Gasteiger partial charge in [-0.3, -0.25) is 0 Å². The molecule has 1 fully saturated rings. The van der Waals surface area contributed by atoms with E-state index in [9.17, 15) is 0 Å². The monoisotopic (exact) mass is 376 g/mol. The highest BCUT2D eigenvalue weighted by molar-refractivity contribution is 7.69. The Labute approximate surface area is 143 Å². The Morgan fingerprint density at radius 2 is 0.773 bits per heavy atom. The molecule has 1 aliphatic heterocycles. The normalized spacial score (nSPS) is 25.1. The zero-order valence-corrected chi connectivity index (χ0v) is 20.5. The van der Waals surface area contributed by atoms with Gasteiger partial charge in [0.25, 0.3) is 0 Å². The van der Waals surface area contributed by atoms with E-state index in [1.807, 2.05) is 0 Å². The fourth-order valence-electron chi connectivity index (χ4n) is 5.56. The van der Waals surface area contributed by atoms with Gasteiger partial charge in [0, 0.05) is 0 Å². The van der Waals surface area contributed by atoms with E-state index in [2.05, 4.69) is 55.4 Å². The minimum atomic E-state index is -1.95. The van der Waals surface area contributed by atoms with E-state index in [1.54, 1.807) is 0 Å². The highest BCUT2D eigenvalue weighted by Gasteiger charge is 2.71. The van der Waals surface area contributed by atoms with E-state index >= 15 is 0 Å². The number of hydrogen-bond acceptors (Lipinski definition) is 2. The van der Waals surface area contributed by atoms with Crippen molar-refractivity contribution in [2.75, 3.05) is 0 Å². The molecule has 0 saturated carbocycles. The highest BCUT2D eigenvalue weighted by atomic mass is 29.7. The summed E-state index contributed by atoms with van der Waals surface area (Å²) in [5.41, 5.74) is 0. The minimum Gasteiger partial charge on any atom is -0.438 e. The van der Waals surface area contributed by atoms with Gasteiger partial charge in [-0.05, 0) is 36.3 Å². The van der Waals surface area contributed by atoms with E-state index in [0.29, 0.717) is 0 Å². The van der Waals surface area contributed by atoms with Crippen LogP contribution in [0.3, 0.4) is 0 Å². The van der Waals surface area contributed by atoms with Crippen LogP contribution in [0, 0.1) is 0 Å². The molecule has 2 nitrogen and oxygen atoms in total.